The molecule has 1 aromatic heterocycles. The lowest BCUT2D eigenvalue weighted by Crippen LogP contribution is -2.28. The second-order valence-corrected chi connectivity index (χ2v) is 6.17. The number of aromatic nitrogens is 1. The van der Waals surface area contributed by atoms with E-state index < -0.39 is 0 Å². The van der Waals surface area contributed by atoms with E-state index >= 15 is 0 Å². The van der Waals surface area contributed by atoms with Gasteiger partial charge in [-0.05, 0) is 24.1 Å². The number of hydrogen-bond donors (Lipinski definition) is 1. The highest BCUT2D eigenvalue weighted by atomic mass is 32.1. The summed E-state index contributed by atoms with van der Waals surface area (Å²) in [5.41, 5.74) is 6.89. The van der Waals surface area contributed by atoms with E-state index in [2.05, 4.69) is 16.8 Å². The molecule has 0 radical (unpaired) electrons. The number of nitrogens with zero attached hydrogens (tertiary/aromatic N) is 2. The summed E-state index contributed by atoms with van der Waals surface area (Å²) in [4.78, 5) is 6.86. The lowest BCUT2D eigenvalue weighted by atomic mass is 10.1. The van der Waals surface area contributed by atoms with Gasteiger partial charge in [0.05, 0.1) is 16.8 Å². The fourth-order valence-electron chi connectivity index (χ4n) is 2.43. The number of rotatable bonds is 2. The lowest BCUT2D eigenvalue weighted by molar-refractivity contribution is 0.318. The van der Waals surface area contributed by atoms with Crippen molar-refractivity contribution >= 4 is 21.6 Å². The molecular formula is C13H16FN3S. The zero-order valence-corrected chi connectivity index (χ0v) is 11.1. The molecule has 1 aliphatic rings. The van der Waals surface area contributed by atoms with Gasteiger partial charge in [-0.25, -0.2) is 9.37 Å². The first kappa shape index (κ1) is 12.0. The van der Waals surface area contributed by atoms with E-state index in [1.165, 1.54) is 6.07 Å². The van der Waals surface area contributed by atoms with Crippen molar-refractivity contribution in [1.29, 1.82) is 0 Å². The summed E-state index contributed by atoms with van der Waals surface area (Å²) in [6.45, 7) is 4.94. The molecule has 0 aliphatic carbocycles. The molecule has 3 nitrogen and oxygen atoms in total. The van der Waals surface area contributed by atoms with Crippen molar-refractivity contribution in [3.8, 4) is 0 Å². The van der Waals surface area contributed by atoms with Crippen molar-refractivity contribution in [2.45, 2.75) is 19.5 Å². The first-order chi connectivity index (χ1) is 8.61. The van der Waals surface area contributed by atoms with Crippen LogP contribution in [-0.2, 0) is 6.54 Å². The number of nitrogens with two attached hydrogens (primary N) is 1. The second-order valence-electron chi connectivity index (χ2n) is 5.05. The van der Waals surface area contributed by atoms with Crippen LogP contribution in [0.15, 0.2) is 18.2 Å². The predicted molar refractivity (Wildman–Crippen MR) is 72.0 cm³/mol. The summed E-state index contributed by atoms with van der Waals surface area (Å²) >= 11 is 1.57. The third kappa shape index (κ3) is 2.25. The Labute approximate surface area is 109 Å². The van der Waals surface area contributed by atoms with Crippen LogP contribution in [0.4, 0.5) is 4.39 Å². The molecule has 0 saturated carbocycles. The highest BCUT2D eigenvalue weighted by molar-refractivity contribution is 7.18. The Kier molecular flexibility index (Phi) is 3.05. The minimum atomic E-state index is -0.200. The van der Waals surface area contributed by atoms with Gasteiger partial charge in [0.15, 0.2) is 0 Å². The number of benzene rings is 1. The minimum Gasteiger partial charge on any atom is -0.326 e. The SMILES string of the molecule is CC1CN(Cc2nc3ccc(F)cc3s2)CC1N. The average molecular weight is 265 g/mol. The summed E-state index contributed by atoms with van der Waals surface area (Å²) < 4.78 is 14.0. The van der Waals surface area contributed by atoms with Gasteiger partial charge >= 0.3 is 0 Å². The first-order valence-electron chi connectivity index (χ1n) is 6.15. The summed E-state index contributed by atoms with van der Waals surface area (Å²) in [5.74, 6) is 0.339. The highest BCUT2D eigenvalue weighted by Gasteiger charge is 2.26. The summed E-state index contributed by atoms with van der Waals surface area (Å²) in [6.07, 6.45) is 0. The van der Waals surface area contributed by atoms with Crippen molar-refractivity contribution in [3.63, 3.8) is 0 Å². The van der Waals surface area contributed by atoms with E-state index in [9.17, 15) is 4.39 Å². The molecule has 0 spiro atoms. The van der Waals surface area contributed by atoms with Crippen LogP contribution in [0.25, 0.3) is 10.2 Å². The van der Waals surface area contributed by atoms with Crippen LogP contribution in [0, 0.1) is 11.7 Å². The standard InChI is InChI=1S/C13H16FN3S/c1-8-5-17(6-10(8)15)7-13-16-11-3-2-9(14)4-12(11)18-13/h2-4,8,10H,5-7,15H2,1H3. The van der Waals surface area contributed by atoms with Gasteiger partial charge in [0.1, 0.15) is 10.8 Å². The van der Waals surface area contributed by atoms with Crippen molar-refractivity contribution in [3.05, 3.63) is 29.0 Å². The largest absolute Gasteiger partial charge is 0.326 e. The molecule has 5 heteroatoms. The predicted octanol–water partition coefficient (Wildman–Crippen LogP) is 2.21. The maximum atomic E-state index is 13.1. The molecule has 2 atom stereocenters. The van der Waals surface area contributed by atoms with E-state index in [0.29, 0.717) is 5.92 Å². The molecule has 1 aromatic carbocycles. The zero-order valence-electron chi connectivity index (χ0n) is 10.3. The molecular weight excluding hydrogens is 249 g/mol. The van der Waals surface area contributed by atoms with Gasteiger partial charge in [-0.2, -0.15) is 0 Å². The van der Waals surface area contributed by atoms with Crippen molar-refractivity contribution in [2.75, 3.05) is 13.1 Å². The number of fused-ring (bicyclic) bond motifs is 1. The molecule has 0 bridgehead atoms. The molecule has 96 valence electrons. The van der Waals surface area contributed by atoms with E-state index in [0.717, 1.165) is 34.9 Å². The van der Waals surface area contributed by atoms with Gasteiger partial charge in [0, 0.05) is 19.1 Å². The van der Waals surface area contributed by atoms with E-state index in [4.69, 9.17) is 5.73 Å². The van der Waals surface area contributed by atoms with Gasteiger partial charge in [0.2, 0.25) is 0 Å². The second kappa shape index (κ2) is 4.57. The average Bonchev–Trinajstić information content (AvgIpc) is 2.82. The van der Waals surface area contributed by atoms with Crippen LogP contribution >= 0.6 is 11.3 Å². The minimum absolute atomic E-state index is 0.200. The van der Waals surface area contributed by atoms with Crippen LogP contribution in [-0.4, -0.2) is 29.0 Å². The Balaban J connectivity index is 1.79. The third-order valence-corrected chi connectivity index (χ3v) is 4.50. The van der Waals surface area contributed by atoms with Crippen LogP contribution in [0.5, 0.6) is 0 Å². The smallest absolute Gasteiger partial charge is 0.124 e. The molecule has 2 unspecified atom stereocenters. The quantitative estimate of drug-likeness (QED) is 0.905. The molecule has 3 rings (SSSR count). The molecule has 1 saturated heterocycles. The Hall–Kier alpha value is -1.04. The number of likely N-dealkylation sites (tertiary alicyclic amines) is 1. The normalized spacial score (nSPS) is 25.1. The molecule has 1 fully saturated rings. The molecule has 2 aromatic rings. The van der Waals surface area contributed by atoms with Gasteiger partial charge in [-0.1, -0.05) is 6.92 Å². The van der Waals surface area contributed by atoms with E-state index in [1.54, 1.807) is 23.5 Å². The van der Waals surface area contributed by atoms with Crippen LogP contribution in [0.1, 0.15) is 11.9 Å². The van der Waals surface area contributed by atoms with Crippen LogP contribution < -0.4 is 5.73 Å². The maximum Gasteiger partial charge on any atom is 0.124 e. The maximum absolute atomic E-state index is 13.1. The van der Waals surface area contributed by atoms with E-state index in [-0.39, 0.29) is 11.9 Å². The Morgan fingerprint density at radius 1 is 1.50 bits per heavy atom. The molecule has 2 heterocycles. The Morgan fingerprint density at radius 3 is 3.06 bits per heavy atom. The molecule has 1 aliphatic heterocycles. The lowest BCUT2D eigenvalue weighted by Gasteiger charge is -2.12. The number of halogens is 1. The fraction of sp³-hybridized carbons (Fsp3) is 0.462. The summed E-state index contributed by atoms with van der Waals surface area (Å²) in [5, 5.41) is 1.04. The van der Waals surface area contributed by atoms with Gasteiger partial charge in [0.25, 0.3) is 0 Å². The first-order valence-corrected chi connectivity index (χ1v) is 6.96. The van der Waals surface area contributed by atoms with Gasteiger partial charge < -0.3 is 5.73 Å². The fourth-order valence-corrected chi connectivity index (χ4v) is 3.46. The van der Waals surface area contributed by atoms with Crippen molar-refractivity contribution in [2.24, 2.45) is 11.7 Å². The monoisotopic (exact) mass is 265 g/mol. The topological polar surface area (TPSA) is 42.2 Å². The molecule has 0 amide bonds. The molecule has 2 N–H and O–H groups in total. The third-order valence-electron chi connectivity index (χ3n) is 3.50. The van der Waals surface area contributed by atoms with Crippen LogP contribution in [0.3, 0.4) is 0 Å². The van der Waals surface area contributed by atoms with Crippen LogP contribution in [0.2, 0.25) is 0 Å². The summed E-state index contributed by atoms with van der Waals surface area (Å²) in [7, 11) is 0. The van der Waals surface area contributed by atoms with Crippen molar-refractivity contribution < 1.29 is 4.39 Å². The summed E-state index contributed by atoms with van der Waals surface area (Å²) in [6, 6.07) is 5.01. The highest BCUT2D eigenvalue weighted by Crippen LogP contribution is 2.25. The zero-order chi connectivity index (χ0) is 12.7. The number of thiazole rings is 1. The van der Waals surface area contributed by atoms with Crippen molar-refractivity contribution in [1.82, 2.24) is 9.88 Å². The van der Waals surface area contributed by atoms with Gasteiger partial charge in [-0.15, -0.1) is 11.3 Å². The van der Waals surface area contributed by atoms with E-state index in [1.807, 2.05) is 0 Å². The Morgan fingerprint density at radius 2 is 2.33 bits per heavy atom. The number of hydrogen-bond acceptors (Lipinski definition) is 4. The van der Waals surface area contributed by atoms with Gasteiger partial charge in [-0.3, -0.25) is 4.90 Å². The molecule has 18 heavy (non-hydrogen) atoms. The Bertz CT molecular complexity index is 558.